The molecule has 0 spiro atoms. The normalized spacial score (nSPS) is 17.1. The van der Waals surface area contributed by atoms with E-state index in [2.05, 4.69) is 0 Å². The lowest BCUT2D eigenvalue weighted by Crippen LogP contribution is -2.13. The lowest BCUT2D eigenvalue weighted by atomic mass is 10.0. The molecule has 0 bridgehead atoms. The van der Waals surface area contributed by atoms with E-state index < -0.39 is 0 Å². The van der Waals surface area contributed by atoms with Crippen molar-refractivity contribution in [3.8, 4) is 0 Å². The molecule has 0 amide bonds. The molecule has 1 N–H and O–H groups in total. The molecule has 0 aromatic carbocycles. The first-order valence-electron chi connectivity index (χ1n) is 3.52. The number of hydrogen-bond acceptors (Lipinski definition) is 2. The van der Waals surface area contributed by atoms with E-state index >= 15 is 0 Å². The van der Waals surface area contributed by atoms with Gasteiger partial charge in [0.1, 0.15) is 6.29 Å². The van der Waals surface area contributed by atoms with Gasteiger partial charge in [0.15, 0.2) is 0 Å². The van der Waals surface area contributed by atoms with Gasteiger partial charge in [0, 0.05) is 5.92 Å². The van der Waals surface area contributed by atoms with E-state index in [0.717, 1.165) is 12.7 Å². The van der Waals surface area contributed by atoms with E-state index in [0.29, 0.717) is 0 Å². The maximum absolute atomic E-state index is 9.85. The van der Waals surface area contributed by atoms with Crippen molar-refractivity contribution in [3.05, 3.63) is 12.2 Å². The molecular weight excluding hydrogens is 128 g/mol. The van der Waals surface area contributed by atoms with Crippen LogP contribution in [0.5, 0.6) is 0 Å². The molecule has 0 saturated carbocycles. The van der Waals surface area contributed by atoms with Crippen LogP contribution < -0.4 is 0 Å². The molecule has 0 radical (unpaired) electrons. The van der Waals surface area contributed by atoms with E-state index in [1.165, 1.54) is 6.08 Å². The van der Waals surface area contributed by atoms with Gasteiger partial charge in [0.05, 0.1) is 6.10 Å². The number of aliphatic hydroxyl groups is 1. The first-order valence-corrected chi connectivity index (χ1v) is 3.52. The first-order chi connectivity index (χ1) is 4.72. The lowest BCUT2D eigenvalue weighted by Gasteiger charge is -2.11. The SMILES string of the molecule is CC[C@@H](O)[C@H](C)/C=C\C=O. The predicted octanol–water partition coefficient (Wildman–Crippen LogP) is 1.15. The van der Waals surface area contributed by atoms with Crippen LogP contribution >= 0.6 is 0 Å². The molecule has 0 unspecified atom stereocenters. The minimum absolute atomic E-state index is 0.0789. The van der Waals surface area contributed by atoms with Crippen molar-refractivity contribution in [2.24, 2.45) is 5.92 Å². The van der Waals surface area contributed by atoms with Crippen LogP contribution in [0.4, 0.5) is 0 Å². The summed E-state index contributed by atoms with van der Waals surface area (Å²) < 4.78 is 0. The number of hydrogen-bond donors (Lipinski definition) is 1. The van der Waals surface area contributed by atoms with Gasteiger partial charge < -0.3 is 5.11 Å². The van der Waals surface area contributed by atoms with E-state index in [4.69, 9.17) is 0 Å². The quantitative estimate of drug-likeness (QED) is 0.472. The molecule has 0 aliphatic rings. The van der Waals surface area contributed by atoms with Gasteiger partial charge in [0.2, 0.25) is 0 Å². The van der Waals surface area contributed by atoms with Crippen LogP contribution in [0.25, 0.3) is 0 Å². The Morgan fingerprint density at radius 1 is 1.60 bits per heavy atom. The van der Waals surface area contributed by atoms with Crippen molar-refractivity contribution in [2.75, 3.05) is 0 Å². The van der Waals surface area contributed by atoms with Crippen molar-refractivity contribution in [1.29, 1.82) is 0 Å². The first kappa shape index (κ1) is 9.37. The number of allylic oxidation sites excluding steroid dienone is 1. The second kappa shape index (κ2) is 5.18. The van der Waals surface area contributed by atoms with E-state index in [9.17, 15) is 9.90 Å². The highest BCUT2D eigenvalue weighted by Gasteiger charge is 2.06. The predicted molar refractivity (Wildman–Crippen MR) is 40.7 cm³/mol. The van der Waals surface area contributed by atoms with Gasteiger partial charge in [-0.1, -0.05) is 19.9 Å². The maximum atomic E-state index is 9.85. The van der Waals surface area contributed by atoms with Crippen LogP contribution in [0.15, 0.2) is 12.2 Å². The second-order valence-corrected chi connectivity index (χ2v) is 2.36. The number of carbonyl (C=O) groups excluding carboxylic acids is 1. The highest BCUT2D eigenvalue weighted by Crippen LogP contribution is 2.06. The second-order valence-electron chi connectivity index (χ2n) is 2.36. The van der Waals surface area contributed by atoms with Gasteiger partial charge >= 0.3 is 0 Å². The fourth-order valence-electron chi connectivity index (χ4n) is 0.721. The standard InChI is InChI=1S/C8H14O2/c1-3-8(10)7(2)5-4-6-9/h4-8,10H,3H2,1-2H3/b5-4-/t7-,8-/m1/s1. The van der Waals surface area contributed by atoms with Gasteiger partial charge in [0.25, 0.3) is 0 Å². The minimum Gasteiger partial charge on any atom is -0.393 e. The Hall–Kier alpha value is -0.630. The zero-order valence-corrected chi connectivity index (χ0v) is 6.45. The number of rotatable bonds is 4. The van der Waals surface area contributed by atoms with E-state index in [-0.39, 0.29) is 12.0 Å². The molecule has 10 heavy (non-hydrogen) atoms. The summed E-state index contributed by atoms with van der Waals surface area (Å²) >= 11 is 0. The summed E-state index contributed by atoms with van der Waals surface area (Å²) in [6.45, 7) is 3.80. The molecule has 2 nitrogen and oxygen atoms in total. The third kappa shape index (κ3) is 3.41. The van der Waals surface area contributed by atoms with Crippen molar-refractivity contribution in [3.63, 3.8) is 0 Å². The molecule has 0 rings (SSSR count). The van der Waals surface area contributed by atoms with E-state index in [1.54, 1.807) is 6.08 Å². The van der Waals surface area contributed by atoms with Crippen molar-refractivity contribution < 1.29 is 9.90 Å². The maximum Gasteiger partial charge on any atom is 0.142 e. The molecule has 0 aliphatic heterocycles. The zero-order valence-electron chi connectivity index (χ0n) is 6.45. The highest BCUT2D eigenvalue weighted by atomic mass is 16.3. The summed E-state index contributed by atoms with van der Waals surface area (Å²) in [7, 11) is 0. The molecule has 0 heterocycles. The Labute approximate surface area is 61.6 Å². The van der Waals surface area contributed by atoms with Crippen LogP contribution in [0.2, 0.25) is 0 Å². The van der Waals surface area contributed by atoms with Crippen LogP contribution in [-0.4, -0.2) is 17.5 Å². The topological polar surface area (TPSA) is 37.3 Å². The Kier molecular flexibility index (Phi) is 4.85. The molecular formula is C8H14O2. The zero-order chi connectivity index (χ0) is 7.98. The number of aldehydes is 1. The third-order valence-electron chi connectivity index (χ3n) is 1.52. The fraction of sp³-hybridized carbons (Fsp3) is 0.625. The summed E-state index contributed by atoms with van der Waals surface area (Å²) in [5.41, 5.74) is 0. The van der Waals surface area contributed by atoms with Crippen LogP contribution in [0, 0.1) is 5.92 Å². The molecule has 2 heteroatoms. The molecule has 2 atom stereocenters. The van der Waals surface area contributed by atoms with E-state index in [1.807, 2.05) is 13.8 Å². The van der Waals surface area contributed by atoms with Gasteiger partial charge in [-0.05, 0) is 12.5 Å². The summed E-state index contributed by atoms with van der Waals surface area (Å²) in [5.74, 6) is 0.0789. The van der Waals surface area contributed by atoms with Crippen molar-refractivity contribution >= 4 is 6.29 Å². The van der Waals surface area contributed by atoms with Gasteiger partial charge in [-0.2, -0.15) is 0 Å². The lowest BCUT2D eigenvalue weighted by molar-refractivity contribution is -0.104. The fourth-order valence-corrected chi connectivity index (χ4v) is 0.721. The monoisotopic (exact) mass is 142 g/mol. The van der Waals surface area contributed by atoms with Gasteiger partial charge in [-0.15, -0.1) is 0 Å². The smallest absolute Gasteiger partial charge is 0.142 e. The molecule has 0 fully saturated rings. The Balaban J connectivity index is 3.70. The van der Waals surface area contributed by atoms with Gasteiger partial charge in [-0.3, -0.25) is 4.79 Å². The Morgan fingerprint density at radius 3 is 2.60 bits per heavy atom. The van der Waals surface area contributed by atoms with Crippen LogP contribution in [-0.2, 0) is 4.79 Å². The average molecular weight is 142 g/mol. The number of carbonyl (C=O) groups is 1. The Morgan fingerprint density at radius 2 is 2.20 bits per heavy atom. The van der Waals surface area contributed by atoms with Crippen molar-refractivity contribution in [2.45, 2.75) is 26.4 Å². The summed E-state index contributed by atoms with van der Waals surface area (Å²) in [6, 6.07) is 0. The highest BCUT2D eigenvalue weighted by molar-refractivity contribution is 5.64. The molecule has 0 aromatic heterocycles. The largest absolute Gasteiger partial charge is 0.393 e. The molecule has 0 aliphatic carbocycles. The minimum atomic E-state index is -0.323. The summed E-state index contributed by atoms with van der Waals surface area (Å²) in [6.07, 6.45) is 4.25. The average Bonchev–Trinajstić information content (AvgIpc) is 1.98. The Bertz CT molecular complexity index is 118. The summed E-state index contributed by atoms with van der Waals surface area (Å²) in [4.78, 5) is 9.85. The molecule has 0 saturated heterocycles. The van der Waals surface area contributed by atoms with Crippen molar-refractivity contribution in [1.82, 2.24) is 0 Å². The summed E-state index contributed by atoms with van der Waals surface area (Å²) in [5, 5.41) is 9.19. The van der Waals surface area contributed by atoms with Crippen LogP contribution in [0.1, 0.15) is 20.3 Å². The number of aliphatic hydroxyl groups excluding tert-OH is 1. The molecule has 58 valence electrons. The van der Waals surface area contributed by atoms with Crippen LogP contribution in [0.3, 0.4) is 0 Å². The third-order valence-corrected chi connectivity index (χ3v) is 1.52. The van der Waals surface area contributed by atoms with Gasteiger partial charge in [-0.25, -0.2) is 0 Å². The molecule has 0 aromatic rings.